The molecule has 248 valence electrons. The molecule has 0 amide bonds. The van der Waals surface area contributed by atoms with Gasteiger partial charge in [0.1, 0.15) is 0 Å². The Bertz CT molecular complexity index is 2920. The van der Waals surface area contributed by atoms with Gasteiger partial charge in [-0.3, -0.25) is 0 Å². The van der Waals surface area contributed by atoms with Crippen LogP contribution in [-0.2, 0) is 0 Å². The van der Waals surface area contributed by atoms with Crippen molar-refractivity contribution >= 4 is 60.2 Å². The van der Waals surface area contributed by atoms with Gasteiger partial charge in [0.15, 0.2) is 0 Å². The summed E-state index contributed by atoms with van der Waals surface area (Å²) in [6, 6.07) is 77.3. The van der Waals surface area contributed by atoms with E-state index >= 15 is 0 Å². The number of anilines is 3. The third-order valence-electron chi connectivity index (χ3n) is 10.6. The second-order valence-corrected chi connectivity index (χ2v) is 13.7. The molecule has 10 aromatic rings. The molecule has 0 saturated heterocycles. The summed E-state index contributed by atoms with van der Waals surface area (Å²) in [6.07, 6.45) is 0. The number of hydrogen-bond donors (Lipinski definition) is 0. The summed E-state index contributed by atoms with van der Waals surface area (Å²) in [6.45, 7) is 0. The van der Waals surface area contributed by atoms with E-state index in [2.05, 4.69) is 217 Å². The Morgan fingerprint density at radius 3 is 1.60 bits per heavy atom. The van der Waals surface area contributed by atoms with E-state index < -0.39 is 0 Å². The molecule has 0 aliphatic heterocycles. The van der Waals surface area contributed by atoms with Gasteiger partial charge in [0.2, 0.25) is 0 Å². The number of nitrogens with zero attached hydrogens (tertiary/aromatic N) is 1. The average Bonchev–Trinajstić information content (AvgIpc) is 3.24. The molecule has 0 atom stereocenters. The lowest BCUT2D eigenvalue weighted by Gasteiger charge is -2.27. The van der Waals surface area contributed by atoms with Gasteiger partial charge in [-0.1, -0.05) is 170 Å². The number of fused-ring (bicyclic) bond motifs is 6. The minimum atomic E-state index is 1.10. The zero-order valence-electron chi connectivity index (χ0n) is 29.2. The molecule has 0 heterocycles. The molecule has 0 unspecified atom stereocenters. The first-order valence-corrected chi connectivity index (χ1v) is 18.3. The fraction of sp³-hybridized carbons (Fsp3) is 0. The molecule has 0 saturated carbocycles. The second kappa shape index (κ2) is 13.0. The molecule has 53 heavy (non-hydrogen) atoms. The monoisotopic (exact) mass is 673 g/mol. The first-order valence-electron chi connectivity index (χ1n) is 18.3. The van der Waals surface area contributed by atoms with Crippen LogP contribution in [0, 0.1) is 0 Å². The Morgan fingerprint density at radius 1 is 0.245 bits per heavy atom. The molecule has 10 aromatic carbocycles. The predicted molar refractivity (Wildman–Crippen MR) is 227 cm³/mol. The van der Waals surface area contributed by atoms with Gasteiger partial charge >= 0.3 is 0 Å². The van der Waals surface area contributed by atoms with Crippen molar-refractivity contribution in [1.82, 2.24) is 0 Å². The fourth-order valence-corrected chi connectivity index (χ4v) is 8.06. The van der Waals surface area contributed by atoms with Crippen molar-refractivity contribution in [3.63, 3.8) is 0 Å². The van der Waals surface area contributed by atoms with Gasteiger partial charge in [0.05, 0.1) is 0 Å². The standard InChI is InChI=1S/C52H35N/c1-3-13-38(14-4-1)50-35-46(32-33-48(50)49-21-11-17-40-25-26-41-24-23-39-15-9-10-20-47(39)51(41)52(40)49)53(44-18-5-2-6-19-44)45-30-28-37(29-31-45)43-27-22-36-12-7-8-16-42(36)34-43/h1-35H. The van der Waals surface area contributed by atoms with E-state index in [1.54, 1.807) is 0 Å². The first kappa shape index (κ1) is 30.8. The molecule has 0 N–H and O–H groups in total. The molecule has 0 radical (unpaired) electrons. The van der Waals surface area contributed by atoms with Crippen LogP contribution >= 0.6 is 0 Å². The van der Waals surface area contributed by atoms with Crippen LogP contribution in [-0.4, -0.2) is 0 Å². The molecule has 0 aliphatic carbocycles. The third-order valence-corrected chi connectivity index (χ3v) is 10.6. The Labute approximate surface area is 309 Å². The quantitative estimate of drug-likeness (QED) is 0.159. The Balaban J connectivity index is 1.16. The van der Waals surface area contributed by atoms with E-state index in [9.17, 15) is 0 Å². The summed E-state index contributed by atoms with van der Waals surface area (Å²) in [7, 11) is 0. The van der Waals surface area contributed by atoms with Crippen LogP contribution in [0.2, 0.25) is 0 Å². The fourth-order valence-electron chi connectivity index (χ4n) is 8.06. The molecule has 10 rings (SSSR count). The summed E-state index contributed by atoms with van der Waals surface area (Å²) >= 11 is 0. The van der Waals surface area contributed by atoms with Gasteiger partial charge in [0, 0.05) is 17.1 Å². The highest BCUT2D eigenvalue weighted by Crippen LogP contribution is 2.44. The van der Waals surface area contributed by atoms with Crippen LogP contribution in [0.4, 0.5) is 17.1 Å². The second-order valence-electron chi connectivity index (χ2n) is 13.7. The van der Waals surface area contributed by atoms with Crippen LogP contribution in [0.25, 0.3) is 76.5 Å². The zero-order valence-corrected chi connectivity index (χ0v) is 29.2. The highest BCUT2D eigenvalue weighted by atomic mass is 15.1. The lowest BCUT2D eigenvalue weighted by atomic mass is 9.87. The summed E-state index contributed by atoms with van der Waals surface area (Å²) in [5.74, 6) is 0. The zero-order chi connectivity index (χ0) is 35.1. The highest BCUT2D eigenvalue weighted by Gasteiger charge is 2.19. The Kier molecular flexibility index (Phi) is 7.55. The van der Waals surface area contributed by atoms with E-state index in [0.29, 0.717) is 0 Å². The van der Waals surface area contributed by atoms with Crippen molar-refractivity contribution in [3.05, 3.63) is 212 Å². The van der Waals surface area contributed by atoms with Gasteiger partial charge < -0.3 is 4.90 Å². The molecule has 0 aliphatic rings. The summed E-state index contributed by atoms with van der Waals surface area (Å²) in [5, 5.41) is 10.1. The predicted octanol–water partition coefficient (Wildman–Crippen LogP) is 14.8. The molecular formula is C52H35N. The van der Waals surface area contributed by atoms with Gasteiger partial charge in [0.25, 0.3) is 0 Å². The van der Waals surface area contributed by atoms with Crippen molar-refractivity contribution in [3.8, 4) is 33.4 Å². The molecular weight excluding hydrogens is 639 g/mol. The van der Waals surface area contributed by atoms with Crippen molar-refractivity contribution in [2.45, 2.75) is 0 Å². The number of rotatable bonds is 6. The smallest absolute Gasteiger partial charge is 0.0468 e. The van der Waals surface area contributed by atoms with Gasteiger partial charge in [-0.15, -0.1) is 0 Å². The van der Waals surface area contributed by atoms with Gasteiger partial charge in [-0.25, -0.2) is 0 Å². The van der Waals surface area contributed by atoms with Crippen molar-refractivity contribution in [2.24, 2.45) is 0 Å². The minimum absolute atomic E-state index is 1.10. The van der Waals surface area contributed by atoms with Crippen LogP contribution in [0.15, 0.2) is 212 Å². The maximum atomic E-state index is 2.37. The van der Waals surface area contributed by atoms with Crippen molar-refractivity contribution in [1.29, 1.82) is 0 Å². The highest BCUT2D eigenvalue weighted by molar-refractivity contribution is 6.24. The van der Waals surface area contributed by atoms with Gasteiger partial charge in [-0.05, 0) is 119 Å². The summed E-state index contributed by atoms with van der Waals surface area (Å²) < 4.78 is 0. The van der Waals surface area contributed by atoms with Crippen LogP contribution in [0.3, 0.4) is 0 Å². The normalized spacial score (nSPS) is 11.4. The van der Waals surface area contributed by atoms with E-state index in [4.69, 9.17) is 0 Å². The van der Waals surface area contributed by atoms with E-state index in [-0.39, 0.29) is 0 Å². The minimum Gasteiger partial charge on any atom is -0.310 e. The van der Waals surface area contributed by atoms with Crippen LogP contribution in [0.5, 0.6) is 0 Å². The third kappa shape index (κ3) is 5.51. The summed E-state index contributed by atoms with van der Waals surface area (Å²) in [5.41, 5.74) is 10.6. The molecule has 1 heteroatoms. The Hall–Kier alpha value is -6.96. The number of benzene rings is 10. The van der Waals surface area contributed by atoms with E-state index in [0.717, 1.165) is 17.1 Å². The topological polar surface area (TPSA) is 3.24 Å². The number of para-hydroxylation sites is 1. The molecule has 0 spiro atoms. The molecule has 0 bridgehead atoms. The van der Waals surface area contributed by atoms with Crippen molar-refractivity contribution < 1.29 is 0 Å². The molecule has 0 aromatic heterocycles. The Morgan fingerprint density at radius 2 is 0.811 bits per heavy atom. The van der Waals surface area contributed by atoms with E-state index in [1.165, 1.54) is 76.5 Å². The first-order chi connectivity index (χ1) is 26.3. The molecule has 0 fully saturated rings. The lowest BCUT2D eigenvalue weighted by molar-refractivity contribution is 1.28. The van der Waals surface area contributed by atoms with Crippen LogP contribution < -0.4 is 4.90 Å². The van der Waals surface area contributed by atoms with Crippen molar-refractivity contribution in [2.75, 3.05) is 4.90 Å². The SMILES string of the molecule is c1ccc(-c2cc(N(c3ccccc3)c3ccc(-c4ccc5ccccc5c4)cc3)ccc2-c2cccc3ccc4ccc5ccccc5c4c23)cc1. The van der Waals surface area contributed by atoms with Crippen LogP contribution in [0.1, 0.15) is 0 Å². The average molecular weight is 674 g/mol. The van der Waals surface area contributed by atoms with E-state index in [1.807, 2.05) is 0 Å². The maximum absolute atomic E-state index is 2.37. The largest absolute Gasteiger partial charge is 0.310 e. The van der Waals surface area contributed by atoms with Gasteiger partial charge in [-0.2, -0.15) is 0 Å². The maximum Gasteiger partial charge on any atom is 0.0468 e. The number of hydrogen-bond acceptors (Lipinski definition) is 1. The summed E-state index contributed by atoms with van der Waals surface area (Å²) in [4.78, 5) is 2.37. The lowest BCUT2D eigenvalue weighted by Crippen LogP contribution is -2.10. The molecule has 1 nitrogen and oxygen atoms in total.